The van der Waals surface area contributed by atoms with E-state index in [1.54, 1.807) is 24.3 Å². The minimum atomic E-state index is -0.737. The van der Waals surface area contributed by atoms with Crippen LogP contribution in [-0.4, -0.2) is 30.3 Å². The lowest BCUT2D eigenvalue weighted by atomic mass is 10.2. The zero-order chi connectivity index (χ0) is 15.4. The summed E-state index contributed by atoms with van der Waals surface area (Å²) in [6.45, 7) is 0.492. The average Bonchev–Trinajstić information content (AvgIpc) is 3.08. The molecule has 2 aromatic rings. The van der Waals surface area contributed by atoms with Crippen LogP contribution < -0.4 is 14.8 Å². The first-order valence-corrected chi connectivity index (χ1v) is 7.11. The Morgan fingerprint density at radius 1 is 1.27 bits per heavy atom. The molecule has 0 spiro atoms. The highest BCUT2D eigenvalue weighted by Crippen LogP contribution is 2.30. The van der Waals surface area contributed by atoms with E-state index in [1.165, 1.54) is 6.26 Å². The van der Waals surface area contributed by atoms with Crippen LogP contribution in [0, 0.1) is 0 Å². The van der Waals surface area contributed by atoms with E-state index in [0.717, 1.165) is 0 Å². The third-order valence-corrected chi connectivity index (χ3v) is 3.39. The van der Waals surface area contributed by atoms with Gasteiger partial charge in [0, 0.05) is 6.54 Å². The lowest BCUT2D eigenvalue weighted by Gasteiger charge is -2.25. The van der Waals surface area contributed by atoms with E-state index in [4.69, 9.17) is 13.9 Å². The van der Waals surface area contributed by atoms with Crippen molar-refractivity contribution in [2.75, 3.05) is 13.2 Å². The molecule has 0 fully saturated rings. The molecule has 0 aliphatic carbocycles. The lowest BCUT2D eigenvalue weighted by molar-refractivity contribution is -0.130. The third kappa shape index (κ3) is 3.23. The summed E-state index contributed by atoms with van der Waals surface area (Å²) in [6, 6.07) is 10.6. The molecule has 0 saturated carbocycles. The second-order valence-electron chi connectivity index (χ2n) is 4.98. The number of rotatable bonds is 5. The molecule has 2 unspecified atom stereocenters. The highest BCUT2D eigenvalue weighted by Gasteiger charge is 2.27. The molecule has 1 amide bonds. The minimum absolute atomic E-state index is 0.170. The number of fused-ring (bicyclic) bond motifs is 1. The number of ether oxygens (including phenoxy) is 2. The predicted octanol–water partition coefficient (Wildman–Crippen LogP) is 1.66. The van der Waals surface area contributed by atoms with Gasteiger partial charge in [-0.05, 0) is 30.7 Å². The molecule has 1 aliphatic heterocycles. The molecule has 22 heavy (non-hydrogen) atoms. The van der Waals surface area contributed by atoms with E-state index in [-0.39, 0.29) is 12.5 Å². The molecule has 2 N–H and O–H groups in total. The first-order chi connectivity index (χ1) is 10.7. The van der Waals surface area contributed by atoms with Gasteiger partial charge in [0.1, 0.15) is 18.5 Å². The van der Waals surface area contributed by atoms with Gasteiger partial charge in [-0.1, -0.05) is 12.1 Å². The summed E-state index contributed by atoms with van der Waals surface area (Å²) in [5, 5.41) is 12.6. The summed E-state index contributed by atoms with van der Waals surface area (Å²) in [5.41, 5.74) is 0. The van der Waals surface area contributed by atoms with E-state index >= 15 is 0 Å². The monoisotopic (exact) mass is 303 g/mol. The number of hydrogen-bond donors (Lipinski definition) is 2. The molecule has 0 bridgehead atoms. The SMILES string of the molecule is O=C(NCCC(O)c1ccco1)C1COc2ccccc2O1. The first kappa shape index (κ1) is 14.5. The van der Waals surface area contributed by atoms with Gasteiger partial charge in [-0.2, -0.15) is 0 Å². The summed E-state index contributed by atoms with van der Waals surface area (Å²) >= 11 is 0. The Bertz CT molecular complexity index is 625. The van der Waals surface area contributed by atoms with Gasteiger partial charge < -0.3 is 24.3 Å². The van der Waals surface area contributed by atoms with Crippen molar-refractivity contribution < 1.29 is 23.8 Å². The normalized spacial score (nSPS) is 17.8. The molecule has 3 rings (SSSR count). The van der Waals surface area contributed by atoms with Crippen LogP contribution in [0.4, 0.5) is 0 Å². The van der Waals surface area contributed by atoms with E-state index in [2.05, 4.69) is 5.32 Å². The Hall–Kier alpha value is -2.47. The first-order valence-electron chi connectivity index (χ1n) is 7.11. The van der Waals surface area contributed by atoms with E-state index in [9.17, 15) is 9.90 Å². The quantitative estimate of drug-likeness (QED) is 0.878. The fourth-order valence-electron chi connectivity index (χ4n) is 2.22. The Morgan fingerprint density at radius 2 is 2.09 bits per heavy atom. The molecule has 1 aliphatic rings. The number of aliphatic hydroxyl groups is 1. The summed E-state index contributed by atoms with van der Waals surface area (Å²) in [5.74, 6) is 1.42. The topological polar surface area (TPSA) is 80.9 Å². The van der Waals surface area contributed by atoms with Crippen LogP contribution in [0.15, 0.2) is 47.1 Å². The van der Waals surface area contributed by atoms with Gasteiger partial charge in [-0.15, -0.1) is 0 Å². The Kier molecular flexibility index (Phi) is 4.29. The molecule has 6 nitrogen and oxygen atoms in total. The largest absolute Gasteiger partial charge is 0.485 e. The number of hydrogen-bond acceptors (Lipinski definition) is 5. The summed E-state index contributed by atoms with van der Waals surface area (Å²) in [4.78, 5) is 12.1. The fraction of sp³-hybridized carbons (Fsp3) is 0.312. The van der Waals surface area contributed by atoms with Crippen molar-refractivity contribution in [3.63, 3.8) is 0 Å². The number of para-hydroxylation sites is 2. The van der Waals surface area contributed by atoms with E-state index in [1.807, 2.05) is 12.1 Å². The van der Waals surface area contributed by atoms with Crippen LogP contribution in [-0.2, 0) is 4.79 Å². The lowest BCUT2D eigenvalue weighted by Crippen LogP contribution is -2.44. The number of carbonyl (C=O) groups excluding carboxylic acids is 1. The highest BCUT2D eigenvalue weighted by atomic mass is 16.6. The van der Waals surface area contributed by atoms with Crippen molar-refractivity contribution in [2.24, 2.45) is 0 Å². The maximum atomic E-state index is 12.1. The Balaban J connectivity index is 1.47. The van der Waals surface area contributed by atoms with Gasteiger partial charge in [0.15, 0.2) is 11.5 Å². The second-order valence-corrected chi connectivity index (χ2v) is 4.98. The van der Waals surface area contributed by atoms with Crippen molar-refractivity contribution in [1.29, 1.82) is 0 Å². The second kappa shape index (κ2) is 6.53. The zero-order valence-electron chi connectivity index (χ0n) is 11.9. The van der Waals surface area contributed by atoms with Gasteiger partial charge in [0.25, 0.3) is 5.91 Å². The van der Waals surface area contributed by atoms with Crippen LogP contribution in [0.1, 0.15) is 18.3 Å². The molecular weight excluding hydrogens is 286 g/mol. The molecule has 2 heterocycles. The maximum absolute atomic E-state index is 12.1. The Labute approximate surface area is 127 Å². The standard InChI is InChI=1S/C16H17NO5/c18-11(12-6-3-9-20-12)7-8-17-16(19)15-10-21-13-4-1-2-5-14(13)22-15/h1-6,9,11,15,18H,7-8,10H2,(H,17,19). The number of benzene rings is 1. The summed E-state index contributed by atoms with van der Waals surface area (Å²) in [6.07, 6.45) is 0.445. The van der Waals surface area contributed by atoms with Crippen LogP contribution >= 0.6 is 0 Å². The Morgan fingerprint density at radius 3 is 2.86 bits per heavy atom. The number of amides is 1. The van der Waals surface area contributed by atoms with Gasteiger partial charge in [0.05, 0.1) is 6.26 Å². The number of furan rings is 1. The van der Waals surface area contributed by atoms with E-state index < -0.39 is 12.2 Å². The molecule has 116 valence electrons. The van der Waals surface area contributed by atoms with Crippen molar-refractivity contribution in [3.8, 4) is 11.5 Å². The van der Waals surface area contributed by atoms with Crippen LogP contribution in [0.2, 0.25) is 0 Å². The van der Waals surface area contributed by atoms with Crippen LogP contribution in [0.3, 0.4) is 0 Å². The fourth-order valence-corrected chi connectivity index (χ4v) is 2.22. The van der Waals surface area contributed by atoms with Crippen LogP contribution in [0.5, 0.6) is 11.5 Å². The van der Waals surface area contributed by atoms with Crippen molar-refractivity contribution in [1.82, 2.24) is 5.32 Å². The smallest absolute Gasteiger partial charge is 0.264 e. The predicted molar refractivity (Wildman–Crippen MR) is 77.6 cm³/mol. The minimum Gasteiger partial charge on any atom is -0.485 e. The molecule has 1 aromatic heterocycles. The molecule has 2 atom stereocenters. The highest BCUT2D eigenvalue weighted by molar-refractivity contribution is 5.81. The number of nitrogens with one attached hydrogen (secondary N) is 1. The molecular formula is C16H17NO5. The molecule has 0 saturated heterocycles. The van der Waals surface area contributed by atoms with Gasteiger partial charge in [-0.25, -0.2) is 0 Å². The summed E-state index contributed by atoms with van der Waals surface area (Å²) < 4.78 is 16.2. The molecule has 1 aromatic carbocycles. The summed E-state index contributed by atoms with van der Waals surface area (Å²) in [7, 11) is 0. The van der Waals surface area contributed by atoms with Crippen molar-refractivity contribution in [3.05, 3.63) is 48.4 Å². The average molecular weight is 303 g/mol. The third-order valence-electron chi connectivity index (χ3n) is 3.39. The van der Waals surface area contributed by atoms with Crippen LogP contribution in [0.25, 0.3) is 0 Å². The van der Waals surface area contributed by atoms with Gasteiger partial charge in [0.2, 0.25) is 6.10 Å². The molecule has 6 heteroatoms. The van der Waals surface area contributed by atoms with Gasteiger partial charge >= 0.3 is 0 Å². The number of carbonyl (C=O) groups is 1. The van der Waals surface area contributed by atoms with Crippen molar-refractivity contribution >= 4 is 5.91 Å². The molecule has 0 radical (unpaired) electrons. The zero-order valence-corrected chi connectivity index (χ0v) is 11.9. The maximum Gasteiger partial charge on any atom is 0.264 e. The van der Waals surface area contributed by atoms with Gasteiger partial charge in [-0.3, -0.25) is 4.79 Å². The van der Waals surface area contributed by atoms with E-state index in [0.29, 0.717) is 30.2 Å². The number of aliphatic hydroxyl groups excluding tert-OH is 1. The van der Waals surface area contributed by atoms with Crippen molar-refractivity contribution in [2.45, 2.75) is 18.6 Å².